The molecule has 1 fully saturated rings. The molecule has 1 saturated heterocycles. The fraction of sp³-hybridized carbons (Fsp3) is 0.889. The maximum Gasteiger partial charge on any atom is 0.317 e. The Morgan fingerprint density at radius 3 is 2.69 bits per heavy atom. The molecule has 76 valence electrons. The van der Waals surface area contributed by atoms with E-state index in [1.165, 1.54) is 25.9 Å². The average molecular weight is 186 g/mol. The summed E-state index contributed by atoms with van der Waals surface area (Å²) in [5.74, 6) is -0.784. The highest BCUT2D eigenvalue weighted by atomic mass is 16.4. The number of carboxylic acids is 1. The van der Waals surface area contributed by atoms with Crippen molar-refractivity contribution < 1.29 is 9.90 Å². The summed E-state index contributed by atoms with van der Waals surface area (Å²) in [7, 11) is 0. The second-order valence-corrected chi connectivity index (χ2v) is 3.68. The second kappa shape index (κ2) is 5.19. The number of likely N-dealkylation sites (tertiary alicyclic amines) is 1. The quantitative estimate of drug-likeness (QED) is 0.641. The van der Waals surface area contributed by atoms with Crippen molar-refractivity contribution in [1.82, 2.24) is 10.2 Å². The van der Waals surface area contributed by atoms with Crippen molar-refractivity contribution in [2.45, 2.75) is 25.8 Å². The molecular weight excluding hydrogens is 168 g/mol. The van der Waals surface area contributed by atoms with E-state index in [0.717, 1.165) is 6.54 Å². The van der Waals surface area contributed by atoms with Crippen LogP contribution < -0.4 is 5.32 Å². The first-order valence-corrected chi connectivity index (χ1v) is 4.86. The van der Waals surface area contributed by atoms with Crippen LogP contribution in [0.3, 0.4) is 0 Å². The van der Waals surface area contributed by atoms with Gasteiger partial charge in [-0.3, -0.25) is 4.79 Å². The zero-order valence-corrected chi connectivity index (χ0v) is 8.12. The van der Waals surface area contributed by atoms with Crippen LogP contribution >= 0.6 is 0 Å². The Hall–Kier alpha value is -0.610. The summed E-state index contributed by atoms with van der Waals surface area (Å²) in [6, 6.07) is 0.272. The molecule has 0 aromatic heterocycles. The van der Waals surface area contributed by atoms with Gasteiger partial charge in [0.2, 0.25) is 0 Å². The largest absolute Gasteiger partial charge is 0.480 e. The highest BCUT2D eigenvalue weighted by Gasteiger charge is 2.14. The lowest BCUT2D eigenvalue weighted by Crippen LogP contribution is -2.40. The van der Waals surface area contributed by atoms with Crippen LogP contribution in [-0.2, 0) is 4.79 Å². The smallest absolute Gasteiger partial charge is 0.317 e. The van der Waals surface area contributed by atoms with Crippen LogP contribution in [0, 0.1) is 0 Å². The normalized spacial score (nSPS) is 20.4. The summed E-state index contributed by atoms with van der Waals surface area (Å²) in [4.78, 5) is 12.6. The molecule has 2 N–H and O–H groups in total. The summed E-state index contributed by atoms with van der Waals surface area (Å²) < 4.78 is 0. The van der Waals surface area contributed by atoms with E-state index >= 15 is 0 Å². The number of carboxylic acid groups (broad SMARTS) is 1. The lowest BCUT2D eigenvalue weighted by molar-refractivity contribution is -0.136. The first-order valence-electron chi connectivity index (χ1n) is 4.86. The molecule has 0 radical (unpaired) electrons. The number of hydrogen-bond acceptors (Lipinski definition) is 3. The van der Waals surface area contributed by atoms with Crippen molar-refractivity contribution in [2.75, 3.05) is 26.2 Å². The van der Waals surface area contributed by atoms with Gasteiger partial charge in [-0.2, -0.15) is 0 Å². The summed E-state index contributed by atoms with van der Waals surface area (Å²) >= 11 is 0. The molecule has 1 atom stereocenters. The molecule has 0 saturated carbocycles. The molecule has 0 aliphatic carbocycles. The van der Waals surface area contributed by atoms with E-state index in [0.29, 0.717) is 0 Å². The molecular formula is C9H18N2O2. The number of aliphatic carboxylic acids is 1. The van der Waals surface area contributed by atoms with Crippen molar-refractivity contribution >= 4 is 5.97 Å². The SMILES string of the molecule is CC(CN1CCCC1)NCC(=O)O. The highest BCUT2D eigenvalue weighted by Crippen LogP contribution is 2.07. The maximum absolute atomic E-state index is 10.3. The van der Waals surface area contributed by atoms with E-state index in [9.17, 15) is 4.79 Å². The van der Waals surface area contributed by atoms with Crippen LogP contribution in [0.4, 0.5) is 0 Å². The standard InChI is InChI=1S/C9H18N2O2/c1-8(10-6-9(12)13)7-11-4-2-3-5-11/h8,10H,2-7H2,1H3,(H,12,13). The van der Waals surface area contributed by atoms with E-state index in [2.05, 4.69) is 10.2 Å². The van der Waals surface area contributed by atoms with Crippen molar-refractivity contribution in [3.63, 3.8) is 0 Å². The molecule has 13 heavy (non-hydrogen) atoms. The Labute approximate surface area is 78.9 Å². The van der Waals surface area contributed by atoms with Crippen molar-refractivity contribution in [3.05, 3.63) is 0 Å². The topological polar surface area (TPSA) is 52.6 Å². The Morgan fingerprint density at radius 1 is 1.54 bits per heavy atom. The first-order chi connectivity index (χ1) is 6.18. The molecule has 0 aromatic carbocycles. The lowest BCUT2D eigenvalue weighted by atomic mass is 10.3. The maximum atomic E-state index is 10.3. The minimum atomic E-state index is -0.784. The van der Waals surface area contributed by atoms with Gasteiger partial charge in [-0.25, -0.2) is 0 Å². The molecule has 1 aliphatic rings. The molecule has 1 heterocycles. The third-order valence-corrected chi connectivity index (χ3v) is 2.33. The van der Waals surface area contributed by atoms with Gasteiger partial charge in [0.1, 0.15) is 0 Å². The lowest BCUT2D eigenvalue weighted by Gasteiger charge is -2.20. The Balaban J connectivity index is 2.09. The third-order valence-electron chi connectivity index (χ3n) is 2.33. The monoisotopic (exact) mass is 186 g/mol. The molecule has 1 rings (SSSR count). The minimum absolute atomic E-state index is 0.0645. The van der Waals surface area contributed by atoms with Gasteiger partial charge in [-0.1, -0.05) is 0 Å². The van der Waals surface area contributed by atoms with Crippen LogP contribution in [0.1, 0.15) is 19.8 Å². The van der Waals surface area contributed by atoms with E-state index in [1.54, 1.807) is 0 Å². The zero-order valence-electron chi connectivity index (χ0n) is 8.12. The molecule has 1 aliphatic heterocycles. The van der Waals surface area contributed by atoms with Gasteiger partial charge in [0.25, 0.3) is 0 Å². The zero-order chi connectivity index (χ0) is 9.68. The van der Waals surface area contributed by atoms with Gasteiger partial charge in [-0.15, -0.1) is 0 Å². The molecule has 1 unspecified atom stereocenters. The average Bonchev–Trinajstić information content (AvgIpc) is 2.53. The Kier molecular flexibility index (Phi) is 4.18. The molecule has 0 bridgehead atoms. The Morgan fingerprint density at radius 2 is 2.15 bits per heavy atom. The number of hydrogen-bond donors (Lipinski definition) is 2. The molecule has 0 spiro atoms. The van der Waals surface area contributed by atoms with Crippen molar-refractivity contribution in [2.24, 2.45) is 0 Å². The second-order valence-electron chi connectivity index (χ2n) is 3.68. The summed E-state index contributed by atoms with van der Waals surface area (Å²) in [6.45, 7) is 5.39. The van der Waals surface area contributed by atoms with Gasteiger partial charge in [-0.05, 0) is 32.9 Å². The summed E-state index contributed by atoms with van der Waals surface area (Å²) in [5.41, 5.74) is 0. The number of nitrogens with zero attached hydrogens (tertiary/aromatic N) is 1. The van der Waals surface area contributed by atoms with Crippen molar-refractivity contribution in [1.29, 1.82) is 0 Å². The van der Waals surface area contributed by atoms with Gasteiger partial charge >= 0.3 is 5.97 Å². The van der Waals surface area contributed by atoms with Crippen LogP contribution in [0.15, 0.2) is 0 Å². The Bertz CT molecular complexity index is 167. The van der Waals surface area contributed by atoms with Gasteiger partial charge < -0.3 is 15.3 Å². The highest BCUT2D eigenvalue weighted by molar-refractivity contribution is 5.69. The molecule has 0 aromatic rings. The summed E-state index contributed by atoms with van der Waals surface area (Å²) in [5, 5.41) is 11.4. The van der Waals surface area contributed by atoms with Crippen LogP contribution in [0.2, 0.25) is 0 Å². The van der Waals surface area contributed by atoms with E-state index in [-0.39, 0.29) is 12.6 Å². The van der Waals surface area contributed by atoms with Crippen LogP contribution in [0.5, 0.6) is 0 Å². The predicted octanol–water partition coefficient (Wildman–Crippen LogP) is 0.145. The molecule has 0 amide bonds. The number of rotatable bonds is 5. The number of nitrogens with one attached hydrogen (secondary N) is 1. The van der Waals surface area contributed by atoms with Crippen LogP contribution in [0.25, 0.3) is 0 Å². The third kappa shape index (κ3) is 4.24. The van der Waals surface area contributed by atoms with E-state index in [1.807, 2.05) is 6.92 Å². The summed E-state index contributed by atoms with van der Waals surface area (Å²) in [6.07, 6.45) is 2.57. The van der Waals surface area contributed by atoms with E-state index < -0.39 is 5.97 Å². The van der Waals surface area contributed by atoms with Gasteiger partial charge in [0.05, 0.1) is 6.54 Å². The minimum Gasteiger partial charge on any atom is -0.480 e. The van der Waals surface area contributed by atoms with E-state index in [4.69, 9.17) is 5.11 Å². The fourth-order valence-corrected chi connectivity index (χ4v) is 1.68. The van der Waals surface area contributed by atoms with Crippen molar-refractivity contribution in [3.8, 4) is 0 Å². The van der Waals surface area contributed by atoms with Gasteiger partial charge in [0.15, 0.2) is 0 Å². The van der Waals surface area contributed by atoms with Gasteiger partial charge in [0, 0.05) is 12.6 Å². The fourth-order valence-electron chi connectivity index (χ4n) is 1.68. The molecule has 4 heteroatoms. The molecule has 4 nitrogen and oxygen atoms in total. The first kappa shape index (κ1) is 10.5. The number of carbonyl (C=O) groups is 1. The predicted molar refractivity (Wildman–Crippen MR) is 50.8 cm³/mol. The van der Waals surface area contributed by atoms with Crippen LogP contribution in [-0.4, -0.2) is 48.2 Å².